The first kappa shape index (κ1) is 12.1. The Balaban J connectivity index is 2.05. The molecule has 0 N–H and O–H groups in total. The van der Waals surface area contributed by atoms with Gasteiger partial charge in [0.1, 0.15) is 0 Å². The van der Waals surface area contributed by atoms with Crippen LogP contribution in [0.5, 0.6) is 0 Å². The fraction of sp³-hybridized carbons (Fsp3) is 0.500. The van der Waals surface area contributed by atoms with Crippen molar-refractivity contribution in [2.24, 2.45) is 0 Å². The molecule has 0 radical (unpaired) electrons. The lowest BCUT2D eigenvalue weighted by molar-refractivity contribution is -0.0278. The predicted octanol–water partition coefficient (Wildman–Crippen LogP) is 2.96. The number of morpholine rings is 1. The van der Waals surface area contributed by atoms with E-state index in [1.807, 2.05) is 11.4 Å². The highest BCUT2D eigenvalue weighted by molar-refractivity contribution is 7.17. The lowest BCUT2D eigenvalue weighted by Gasteiger charge is -2.38. The first-order chi connectivity index (χ1) is 8.55. The summed E-state index contributed by atoms with van der Waals surface area (Å²) in [6.07, 6.45) is 0. The molecule has 0 aromatic carbocycles. The maximum atomic E-state index is 6.00. The van der Waals surface area contributed by atoms with Crippen molar-refractivity contribution in [1.29, 1.82) is 0 Å². The largest absolute Gasteiger partial charge is 0.372 e. The molecular weight excluding hydrogens is 270 g/mol. The van der Waals surface area contributed by atoms with Crippen LogP contribution in [0.4, 0.5) is 5.82 Å². The molecule has 1 aliphatic heterocycles. The zero-order chi connectivity index (χ0) is 12.8. The standard InChI is InChI=1S/C12H14ClN3OS/c1-12(2)7-16(4-5-17-12)10-9-8(3-6-18-9)14-11(13)15-10/h3,6H,4-5,7H2,1-2H3. The van der Waals surface area contributed by atoms with Crippen LogP contribution in [0, 0.1) is 0 Å². The van der Waals surface area contributed by atoms with E-state index >= 15 is 0 Å². The molecule has 3 heterocycles. The van der Waals surface area contributed by atoms with Crippen molar-refractivity contribution in [1.82, 2.24) is 9.97 Å². The van der Waals surface area contributed by atoms with Gasteiger partial charge in [-0.1, -0.05) is 0 Å². The second-order valence-electron chi connectivity index (χ2n) is 4.98. The van der Waals surface area contributed by atoms with Crippen LogP contribution in [0.25, 0.3) is 10.2 Å². The average Bonchev–Trinajstić information content (AvgIpc) is 2.74. The zero-order valence-corrected chi connectivity index (χ0v) is 11.9. The Bertz CT molecular complexity index is 584. The van der Waals surface area contributed by atoms with E-state index < -0.39 is 0 Å². The number of hydrogen-bond donors (Lipinski definition) is 0. The monoisotopic (exact) mass is 283 g/mol. The minimum absolute atomic E-state index is 0.154. The van der Waals surface area contributed by atoms with Crippen molar-refractivity contribution < 1.29 is 4.74 Å². The number of thiophene rings is 1. The minimum atomic E-state index is -0.154. The van der Waals surface area contributed by atoms with Gasteiger partial charge in [-0.25, -0.2) is 4.98 Å². The van der Waals surface area contributed by atoms with Crippen LogP contribution in [0.1, 0.15) is 13.8 Å². The van der Waals surface area contributed by atoms with Crippen LogP contribution in [-0.4, -0.2) is 35.3 Å². The maximum Gasteiger partial charge on any atom is 0.224 e. The molecule has 0 aliphatic carbocycles. The number of fused-ring (bicyclic) bond motifs is 1. The van der Waals surface area contributed by atoms with E-state index in [0.717, 1.165) is 29.1 Å². The number of nitrogens with zero attached hydrogens (tertiary/aromatic N) is 3. The van der Waals surface area contributed by atoms with Crippen molar-refractivity contribution in [2.45, 2.75) is 19.4 Å². The first-order valence-corrected chi connectivity index (χ1v) is 7.11. The molecule has 0 atom stereocenters. The van der Waals surface area contributed by atoms with E-state index in [1.165, 1.54) is 0 Å². The molecule has 6 heteroatoms. The molecule has 0 bridgehead atoms. The third kappa shape index (κ3) is 2.18. The number of aromatic nitrogens is 2. The van der Waals surface area contributed by atoms with Gasteiger partial charge in [0.15, 0.2) is 5.82 Å². The predicted molar refractivity (Wildman–Crippen MR) is 74.7 cm³/mol. The molecule has 0 saturated carbocycles. The fourth-order valence-corrected chi connectivity index (χ4v) is 3.25. The lowest BCUT2D eigenvalue weighted by Crippen LogP contribution is -2.48. The summed E-state index contributed by atoms with van der Waals surface area (Å²) < 4.78 is 6.82. The summed E-state index contributed by atoms with van der Waals surface area (Å²) in [5, 5.41) is 2.32. The average molecular weight is 284 g/mol. The zero-order valence-electron chi connectivity index (χ0n) is 10.3. The summed E-state index contributed by atoms with van der Waals surface area (Å²) >= 11 is 7.65. The van der Waals surface area contributed by atoms with Gasteiger partial charge in [-0.3, -0.25) is 0 Å². The van der Waals surface area contributed by atoms with Gasteiger partial charge in [-0.2, -0.15) is 4.98 Å². The van der Waals surface area contributed by atoms with Crippen molar-refractivity contribution in [2.75, 3.05) is 24.6 Å². The van der Waals surface area contributed by atoms with Gasteiger partial charge in [-0.05, 0) is 36.9 Å². The smallest absolute Gasteiger partial charge is 0.224 e. The van der Waals surface area contributed by atoms with E-state index in [2.05, 4.69) is 28.7 Å². The molecule has 2 aromatic rings. The molecule has 3 rings (SSSR count). The summed E-state index contributed by atoms with van der Waals surface area (Å²) in [5.74, 6) is 0.927. The third-order valence-electron chi connectivity index (χ3n) is 2.98. The topological polar surface area (TPSA) is 38.2 Å². The summed E-state index contributed by atoms with van der Waals surface area (Å²) in [5.41, 5.74) is 0.763. The number of ether oxygens (including phenoxy) is 1. The van der Waals surface area contributed by atoms with Crippen molar-refractivity contribution in [3.63, 3.8) is 0 Å². The number of halogens is 1. The lowest BCUT2D eigenvalue weighted by atomic mass is 10.1. The molecule has 1 fully saturated rings. The Morgan fingerprint density at radius 1 is 1.44 bits per heavy atom. The Morgan fingerprint density at radius 2 is 2.28 bits per heavy atom. The second-order valence-corrected chi connectivity index (χ2v) is 6.24. The molecule has 0 unspecified atom stereocenters. The van der Waals surface area contributed by atoms with E-state index in [9.17, 15) is 0 Å². The van der Waals surface area contributed by atoms with E-state index in [0.29, 0.717) is 11.9 Å². The highest BCUT2D eigenvalue weighted by Crippen LogP contribution is 2.32. The molecule has 18 heavy (non-hydrogen) atoms. The first-order valence-electron chi connectivity index (χ1n) is 5.85. The molecule has 96 valence electrons. The van der Waals surface area contributed by atoms with Gasteiger partial charge in [0, 0.05) is 13.1 Å². The second kappa shape index (κ2) is 4.33. The van der Waals surface area contributed by atoms with Crippen molar-refractivity contribution in [3.8, 4) is 0 Å². The van der Waals surface area contributed by atoms with Gasteiger partial charge in [-0.15, -0.1) is 11.3 Å². The molecule has 4 nitrogen and oxygen atoms in total. The Hall–Kier alpha value is -0.910. The van der Waals surface area contributed by atoms with Crippen molar-refractivity contribution in [3.05, 3.63) is 16.7 Å². The maximum absolute atomic E-state index is 6.00. The van der Waals surface area contributed by atoms with Crippen LogP contribution in [0.15, 0.2) is 11.4 Å². The fourth-order valence-electron chi connectivity index (χ4n) is 2.23. The van der Waals surface area contributed by atoms with Crippen LogP contribution in [0.3, 0.4) is 0 Å². The quantitative estimate of drug-likeness (QED) is 0.754. The Morgan fingerprint density at radius 3 is 3.06 bits per heavy atom. The minimum Gasteiger partial charge on any atom is -0.372 e. The van der Waals surface area contributed by atoms with Crippen molar-refractivity contribution >= 4 is 39.0 Å². The van der Waals surface area contributed by atoms with Gasteiger partial charge >= 0.3 is 0 Å². The number of hydrogen-bond acceptors (Lipinski definition) is 5. The van der Waals surface area contributed by atoms with Gasteiger partial charge < -0.3 is 9.64 Å². The van der Waals surface area contributed by atoms with E-state index in [4.69, 9.17) is 16.3 Å². The molecule has 2 aromatic heterocycles. The van der Waals surface area contributed by atoms with E-state index in [1.54, 1.807) is 11.3 Å². The number of anilines is 1. The molecule has 1 saturated heterocycles. The van der Waals surface area contributed by atoms with Crippen LogP contribution < -0.4 is 4.90 Å². The third-order valence-corrected chi connectivity index (χ3v) is 4.05. The highest BCUT2D eigenvalue weighted by atomic mass is 35.5. The summed E-state index contributed by atoms with van der Waals surface area (Å²) in [6, 6.07) is 1.97. The highest BCUT2D eigenvalue weighted by Gasteiger charge is 2.29. The molecular formula is C12H14ClN3OS. The van der Waals surface area contributed by atoms with Gasteiger partial charge in [0.25, 0.3) is 0 Å². The molecule has 0 amide bonds. The van der Waals surface area contributed by atoms with E-state index in [-0.39, 0.29) is 5.60 Å². The summed E-state index contributed by atoms with van der Waals surface area (Å²) in [6.45, 7) is 6.54. The molecule has 0 spiro atoms. The normalized spacial score (nSPS) is 19.4. The van der Waals surface area contributed by atoms with Gasteiger partial charge in [0.2, 0.25) is 5.28 Å². The number of rotatable bonds is 1. The van der Waals surface area contributed by atoms with Crippen LogP contribution in [-0.2, 0) is 4.74 Å². The van der Waals surface area contributed by atoms with Crippen LogP contribution in [0.2, 0.25) is 5.28 Å². The van der Waals surface area contributed by atoms with Crippen LogP contribution >= 0.6 is 22.9 Å². The Kier molecular flexibility index (Phi) is 2.92. The summed E-state index contributed by atoms with van der Waals surface area (Å²) in [4.78, 5) is 10.9. The summed E-state index contributed by atoms with van der Waals surface area (Å²) in [7, 11) is 0. The van der Waals surface area contributed by atoms with Gasteiger partial charge in [0.05, 0.1) is 22.4 Å². The SMILES string of the molecule is CC1(C)CN(c2nc(Cl)nc3ccsc23)CCO1. The molecule has 1 aliphatic rings. The Labute approximate surface area is 115 Å².